The Balaban J connectivity index is 2.15. The molecule has 0 amide bonds. The Morgan fingerprint density at radius 1 is 1.17 bits per heavy atom. The Morgan fingerprint density at radius 3 is 2.67 bits per heavy atom. The van der Waals surface area contributed by atoms with Gasteiger partial charge in [0, 0.05) is 39.8 Å². The van der Waals surface area contributed by atoms with E-state index in [-0.39, 0.29) is 5.41 Å². The zero-order valence-corrected chi connectivity index (χ0v) is 14.6. The van der Waals surface area contributed by atoms with Gasteiger partial charge in [0.1, 0.15) is 5.65 Å². The molecule has 120 valence electrons. The SMILES string of the molecule is C=Cc1c(C(C)(C)C)[nH]c2nc3cc[n+]4cc(C)ccc4c3cc12. The molecule has 0 saturated heterocycles. The zero-order chi connectivity index (χ0) is 17.1. The number of aryl methyl sites for hydroxylation is 1. The molecule has 4 aromatic rings. The molecule has 24 heavy (non-hydrogen) atoms. The van der Waals surface area contributed by atoms with Crippen LogP contribution in [0.25, 0.3) is 33.5 Å². The lowest BCUT2D eigenvalue weighted by atomic mass is 9.89. The lowest BCUT2D eigenvalue weighted by Gasteiger charge is -2.17. The molecule has 4 rings (SSSR count). The molecule has 3 heteroatoms. The average molecular weight is 316 g/mol. The standard InChI is InChI=1S/C21H21N3/c1-6-14-15-11-16-17(22-20(15)23-19(14)21(3,4)5)9-10-24-12-13(2)7-8-18(16)24/h6-12H,1H2,2-5H3/p+1. The highest BCUT2D eigenvalue weighted by Crippen LogP contribution is 2.33. The summed E-state index contributed by atoms with van der Waals surface area (Å²) in [6.07, 6.45) is 6.16. The summed E-state index contributed by atoms with van der Waals surface area (Å²) in [4.78, 5) is 8.39. The molecule has 0 atom stereocenters. The molecule has 0 radical (unpaired) electrons. The van der Waals surface area contributed by atoms with Gasteiger partial charge >= 0.3 is 0 Å². The zero-order valence-electron chi connectivity index (χ0n) is 14.6. The predicted octanol–water partition coefficient (Wildman–Crippen LogP) is 4.70. The minimum absolute atomic E-state index is 0.0182. The molecule has 3 nitrogen and oxygen atoms in total. The first-order valence-electron chi connectivity index (χ1n) is 8.28. The third kappa shape index (κ3) is 2.12. The molecule has 4 heterocycles. The Bertz CT molecular complexity index is 1110. The van der Waals surface area contributed by atoms with Crippen LogP contribution in [0.4, 0.5) is 0 Å². The van der Waals surface area contributed by atoms with Gasteiger partial charge in [-0.15, -0.1) is 0 Å². The summed E-state index contributed by atoms with van der Waals surface area (Å²) in [6, 6.07) is 8.62. The molecule has 0 unspecified atom stereocenters. The number of aromatic amines is 1. The van der Waals surface area contributed by atoms with Gasteiger partial charge in [0.2, 0.25) is 5.52 Å². The fourth-order valence-electron chi connectivity index (χ4n) is 3.42. The van der Waals surface area contributed by atoms with Crippen LogP contribution >= 0.6 is 0 Å². The number of nitrogens with one attached hydrogen (secondary N) is 1. The third-order valence-electron chi connectivity index (χ3n) is 4.60. The van der Waals surface area contributed by atoms with Gasteiger partial charge in [0.25, 0.3) is 0 Å². The van der Waals surface area contributed by atoms with Gasteiger partial charge in [-0.2, -0.15) is 4.40 Å². The molecule has 0 aliphatic heterocycles. The van der Waals surface area contributed by atoms with Gasteiger partial charge in [-0.25, -0.2) is 4.98 Å². The van der Waals surface area contributed by atoms with E-state index in [0.29, 0.717) is 0 Å². The van der Waals surface area contributed by atoms with Crippen molar-refractivity contribution < 1.29 is 4.40 Å². The summed E-state index contributed by atoms with van der Waals surface area (Å²) in [5.74, 6) is 0. The Morgan fingerprint density at radius 2 is 1.96 bits per heavy atom. The molecule has 0 spiro atoms. The van der Waals surface area contributed by atoms with Crippen molar-refractivity contribution in [2.45, 2.75) is 33.1 Å². The highest BCUT2D eigenvalue weighted by molar-refractivity contribution is 6.01. The van der Waals surface area contributed by atoms with E-state index in [4.69, 9.17) is 4.98 Å². The Hall–Kier alpha value is -2.68. The normalized spacial score (nSPS) is 12.3. The average Bonchev–Trinajstić information content (AvgIpc) is 2.90. The number of aromatic nitrogens is 3. The quantitative estimate of drug-likeness (QED) is 0.400. The number of rotatable bonds is 1. The van der Waals surface area contributed by atoms with Crippen molar-refractivity contribution in [3.8, 4) is 0 Å². The van der Waals surface area contributed by atoms with E-state index in [0.717, 1.165) is 27.5 Å². The summed E-state index contributed by atoms with van der Waals surface area (Å²) < 4.78 is 2.16. The smallest absolute Gasteiger partial charge is 0.220 e. The van der Waals surface area contributed by atoms with Crippen molar-refractivity contribution in [3.63, 3.8) is 0 Å². The van der Waals surface area contributed by atoms with E-state index in [1.54, 1.807) is 0 Å². The number of hydrogen-bond donors (Lipinski definition) is 1. The number of nitrogens with zero attached hydrogens (tertiary/aromatic N) is 2. The molecule has 4 aromatic heterocycles. The van der Waals surface area contributed by atoms with Gasteiger partial charge in [-0.05, 0) is 19.1 Å². The van der Waals surface area contributed by atoms with Crippen molar-refractivity contribution in [2.24, 2.45) is 0 Å². The van der Waals surface area contributed by atoms with Crippen LogP contribution in [0.2, 0.25) is 0 Å². The maximum Gasteiger partial charge on any atom is 0.220 e. The van der Waals surface area contributed by atoms with Gasteiger partial charge in [-0.3, -0.25) is 0 Å². The number of fused-ring (bicyclic) bond motifs is 4. The van der Waals surface area contributed by atoms with Crippen LogP contribution < -0.4 is 4.40 Å². The van der Waals surface area contributed by atoms with Crippen molar-refractivity contribution in [3.05, 3.63) is 60.1 Å². The van der Waals surface area contributed by atoms with Gasteiger partial charge < -0.3 is 4.98 Å². The van der Waals surface area contributed by atoms with Gasteiger partial charge in [-0.1, -0.05) is 33.4 Å². The van der Waals surface area contributed by atoms with E-state index >= 15 is 0 Å². The van der Waals surface area contributed by atoms with Crippen LogP contribution in [-0.4, -0.2) is 9.97 Å². The van der Waals surface area contributed by atoms with E-state index < -0.39 is 0 Å². The van der Waals surface area contributed by atoms with Crippen LogP contribution in [-0.2, 0) is 5.41 Å². The van der Waals surface area contributed by atoms with Crippen LogP contribution in [0.1, 0.15) is 37.6 Å². The summed E-state index contributed by atoms with van der Waals surface area (Å²) in [7, 11) is 0. The molecule has 0 aromatic carbocycles. The van der Waals surface area contributed by atoms with Crippen LogP contribution in [0, 0.1) is 6.92 Å². The molecule has 0 saturated carbocycles. The van der Waals surface area contributed by atoms with Crippen molar-refractivity contribution in [1.29, 1.82) is 0 Å². The molecule has 0 bridgehead atoms. The topological polar surface area (TPSA) is 32.8 Å². The number of pyridine rings is 3. The maximum atomic E-state index is 4.88. The van der Waals surface area contributed by atoms with E-state index in [1.807, 2.05) is 6.08 Å². The second-order valence-electron chi connectivity index (χ2n) is 7.50. The van der Waals surface area contributed by atoms with Crippen LogP contribution in [0.3, 0.4) is 0 Å². The van der Waals surface area contributed by atoms with Crippen LogP contribution in [0.15, 0.2) is 43.2 Å². The largest absolute Gasteiger partial charge is 0.342 e. The van der Waals surface area contributed by atoms with Crippen LogP contribution in [0.5, 0.6) is 0 Å². The molecule has 0 aliphatic carbocycles. The Labute approximate surface area is 141 Å². The Kier molecular flexibility index (Phi) is 3.04. The monoisotopic (exact) mass is 316 g/mol. The van der Waals surface area contributed by atoms with Gasteiger partial charge in [0.15, 0.2) is 12.4 Å². The maximum absolute atomic E-state index is 4.88. The molecular weight excluding hydrogens is 294 g/mol. The van der Waals surface area contributed by atoms with E-state index in [1.165, 1.54) is 16.8 Å². The minimum Gasteiger partial charge on any atom is -0.342 e. The highest BCUT2D eigenvalue weighted by atomic mass is 14.9. The fourth-order valence-corrected chi connectivity index (χ4v) is 3.42. The lowest BCUT2D eigenvalue weighted by molar-refractivity contribution is -0.511. The van der Waals surface area contributed by atoms with Crippen molar-refractivity contribution in [1.82, 2.24) is 9.97 Å². The molecule has 0 aliphatic rings. The van der Waals surface area contributed by atoms with Crippen molar-refractivity contribution >= 4 is 33.5 Å². The lowest BCUT2D eigenvalue weighted by Crippen LogP contribution is -2.21. The first kappa shape index (κ1) is 14.9. The second kappa shape index (κ2) is 4.91. The molecular formula is C21H22N3+. The predicted molar refractivity (Wildman–Crippen MR) is 100 cm³/mol. The minimum atomic E-state index is 0.0182. The summed E-state index contributed by atoms with van der Waals surface area (Å²) >= 11 is 0. The van der Waals surface area contributed by atoms with E-state index in [9.17, 15) is 0 Å². The van der Waals surface area contributed by atoms with Crippen molar-refractivity contribution in [2.75, 3.05) is 0 Å². The summed E-state index contributed by atoms with van der Waals surface area (Å²) in [5, 5.41) is 2.30. The summed E-state index contributed by atoms with van der Waals surface area (Å²) in [5.41, 5.74) is 6.70. The fraction of sp³-hybridized carbons (Fsp3) is 0.238. The number of H-pyrrole nitrogens is 1. The second-order valence-corrected chi connectivity index (χ2v) is 7.50. The third-order valence-corrected chi connectivity index (χ3v) is 4.60. The highest BCUT2D eigenvalue weighted by Gasteiger charge is 2.22. The first-order chi connectivity index (χ1) is 11.4. The molecule has 0 fully saturated rings. The first-order valence-corrected chi connectivity index (χ1v) is 8.28. The van der Waals surface area contributed by atoms with E-state index in [2.05, 4.69) is 80.3 Å². The number of hydrogen-bond acceptors (Lipinski definition) is 1. The van der Waals surface area contributed by atoms with Gasteiger partial charge in [0.05, 0.1) is 10.9 Å². The summed E-state index contributed by atoms with van der Waals surface area (Å²) in [6.45, 7) is 12.8. The molecule has 1 N–H and O–H groups in total.